The Morgan fingerprint density at radius 1 is 1.11 bits per heavy atom. The minimum atomic E-state index is -0.557. The SMILES string of the molecule is CCn1nccc1-c1nnc(-c2ccc(F)cc2OCCOCCNC(=O)OC(C)(C)C)c2sccc12. The third-order valence-electron chi connectivity index (χ3n) is 5.24. The maximum Gasteiger partial charge on any atom is 0.407 e. The lowest BCUT2D eigenvalue weighted by Crippen LogP contribution is -2.34. The quantitative estimate of drug-likeness (QED) is 0.279. The average molecular weight is 528 g/mol. The Balaban J connectivity index is 1.43. The number of thiophene rings is 1. The zero-order valence-electron chi connectivity index (χ0n) is 21.3. The Morgan fingerprint density at radius 2 is 1.92 bits per heavy atom. The van der Waals surface area contributed by atoms with E-state index in [0.29, 0.717) is 30.1 Å². The summed E-state index contributed by atoms with van der Waals surface area (Å²) in [4.78, 5) is 11.7. The molecule has 9 nitrogen and oxygen atoms in total. The van der Waals surface area contributed by atoms with Crippen molar-refractivity contribution in [2.24, 2.45) is 0 Å². The van der Waals surface area contributed by atoms with Crippen molar-refractivity contribution < 1.29 is 23.4 Å². The Bertz CT molecular complexity index is 1360. The number of alkyl carbamates (subject to hydrolysis) is 1. The Morgan fingerprint density at radius 3 is 2.70 bits per heavy atom. The van der Waals surface area contributed by atoms with E-state index in [9.17, 15) is 9.18 Å². The lowest BCUT2D eigenvalue weighted by molar-refractivity contribution is 0.0489. The van der Waals surface area contributed by atoms with Gasteiger partial charge in [0.25, 0.3) is 0 Å². The summed E-state index contributed by atoms with van der Waals surface area (Å²) < 4.78 is 33.5. The van der Waals surface area contributed by atoms with Gasteiger partial charge in [-0.3, -0.25) is 4.68 Å². The molecule has 4 rings (SSSR count). The molecule has 4 aromatic rings. The minimum absolute atomic E-state index is 0.192. The van der Waals surface area contributed by atoms with E-state index in [-0.39, 0.29) is 19.8 Å². The Kier molecular flexibility index (Phi) is 8.34. The normalized spacial score (nSPS) is 11.6. The molecule has 0 aliphatic carbocycles. The predicted molar refractivity (Wildman–Crippen MR) is 140 cm³/mol. The second-order valence-electron chi connectivity index (χ2n) is 9.12. The summed E-state index contributed by atoms with van der Waals surface area (Å²) >= 11 is 1.54. The molecule has 37 heavy (non-hydrogen) atoms. The average Bonchev–Trinajstić information content (AvgIpc) is 3.52. The van der Waals surface area contributed by atoms with E-state index in [1.165, 1.54) is 23.5 Å². The van der Waals surface area contributed by atoms with Gasteiger partial charge in [-0.15, -0.1) is 21.5 Å². The molecule has 0 saturated carbocycles. The molecule has 196 valence electrons. The molecule has 3 heterocycles. The van der Waals surface area contributed by atoms with Crippen molar-refractivity contribution in [2.45, 2.75) is 39.8 Å². The second-order valence-corrected chi connectivity index (χ2v) is 10.0. The van der Waals surface area contributed by atoms with Crippen molar-refractivity contribution in [2.75, 3.05) is 26.4 Å². The highest BCUT2D eigenvalue weighted by Crippen LogP contribution is 2.39. The van der Waals surface area contributed by atoms with Gasteiger partial charge in [0.15, 0.2) is 0 Å². The van der Waals surface area contributed by atoms with Gasteiger partial charge in [0.1, 0.15) is 35.2 Å². The van der Waals surface area contributed by atoms with Gasteiger partial charge in [-0.1, -0.05) is 0 Å². The Hall–Kier alpha value is -3.57. The molecule has 0 fully saturated rings. The van der Waals surface area contributed by atoms with E-state index in [4.69, 9.17) is 14.2 Å². The first-order chi connectivity index (χ1) is 17.8. The number of carbonyl (C=O) groups excluding carboxylic acids is 1. The van der Waals surface area contributed by atoms with Gasteiger partial charge in [-0.25, -0.2) is 9.18 Å². The zero-order chi connectivity index (χ0) is 26.4. The van der Waals surface area contributed by atoms with E-state index >= 15 is 0 Å². The lowest BCUT2D eigenvalue weighted by atomic mass is 10.1. The maximum absolute atomic E-state index is 14.1. The second kappa shape index (κ2) is 11.7. The smallest absolute Gasteiger partial charge is 0.407 e. The standard InChI is InChI=1S/C26H30FN5O4S/c1-5-32-20(8-10-29-32)22-19-9-15-37-24(19)23(31-30-22)18-7-6-17(27)16-21(18)35-14-13-34-12-11-28-25(33)36-26(2,3)4/h6-10,15-16H,5,11-14H2,1-4H3,(H,28,33). The van der Waals surface area contributed by atoms with E-state index < -0.39 is 17.5 Å². The highest BCUT2D eigenvalue weighted by atomic mass is 32.1. The van der Waals surface area contributed by atoms with Gasteiger partial charge in [0.2, 0.25) is 0 Å². The molecule has 0 radical (unpaired) electrons. The monoisotopic (exact) mass is 527 g/mol. The fourth-order valence-corrected chi connectivity index (χ4v) is 4.59. The van der Waals surface area contributed by atoms with Crippen LogP contribution in [-0.2, 0) is 16.0 Å². The number of nitrogens with zero attached hydrogens (tertiary/aromatic N) is 4. The first-order valence-electron chi connectivity index (χ1n) is 12.0. The summed E-state index contributed by atoms with van der Waals surface area (Å²) in [7, 11) is 0. The number of fused-ring (bicyclic) bond motifs is 1. The molecule has 0 bridgehead atoms. The number of halogens is 1. The largest absolute Gasteiger partial charge is 0.490 e. The van der Waals surface area contributed by atoms with Gasteiger partial charge >= 0.3 is 6.09 Å². The number of carbonyl (C=O) groups is 1. The molecule has 0 aliphatic heterocycles. The van der Waals surface area contributed by atoms with E-state index in [2.05, 4.69) is 20.6 Å². The molecule has 3 aromatic heterocycles. The number of rotatable bonds is 10. The van der Waals surface area contributed by atoms with Crippen molar-refractivity contribution in [3.63, 3.8) is 0 Å². The molecule has 0 spiro atoms. The van der Waals surface area contributed by atoms with Gasteiger partial charge in [-0.05, 0) is 57.3 Å². The number of amides is 1. The number of hydrogen-bond donors (Lipinski definition) is 1. The summed E-state index contributed by atoms with van der Waals surface area (Å²) in [5, 5.41) is 18.9. The molecule has 11 heteroatoms. The van der Waals surface area contributed by atoms with Crippen LogP contribution in [0, 0.1) is 5.82 Å². The van der Waals surface area contributed by atoms with Crippen molar-refractivity contribution in [3.05, 3.63) is 47.7 Å². The van der Waals surface area contributed by atoms with Gasteiger partial charge in [0, 0.05) is 36.3 Å². The van der Waals surface area contributed by atoms with Crippen LogP contribution in [0.15, 0.2) is 41.9 Å². The van der Waals surface area contributed by atoms with Crippen LogP contribution in [0.5, 0.6) is 5.75 Å². The van der Waals surface area contributed by atoms with E-state index in [1.54, 1.807) is 33.0 Å². The maximum atomic E-state index is 14.1. The van der Waals surface area contributed by atoms with E-state index in [0.717, 1.165) is 21.5 Å². The highest BCUT2D eigenvalue weighted by Gasteiger charge is 2.19. The summed E-state index contributed by atoms with van der Waals surface area (Å²) in [6.45, 7) is 9.17. The first-order valence-corrected chi connectivity index (χ1v) is 12.9. The summed E-state index contributed by atoms with van der Waals surface area (Å²) in [5.74, 6) is -0.0640. The molecule has 1 N–H and O–H groups in total. The molecule has 0 aliphatic rings. The molecular weight excluding hydrogens is 497 g/mol. The molecule has 1 aromatic carbocycles. The predicted octanol–water partition coefficient (Wildman–Crippen LogP) is 5.30. The lowest BCUT2D eigenvalue weighted by Gasteiger charge is -2.19. The third kappa shape index (κ3) is 6.60. The first kappa shape index (κ1) is 26.5. The fourth-order valence-electron chi connectivity index (χ4n) is 3.69. The van der Waals surface area contributed by atoms with Crippen molar-refractivity contribution in [3.8, 4) is 28.4 Å². The van der Waals surface area contributed by atoms with Crippen LogP contribution in [0.1, 0.15) is 27.7 Å². The summed E-state index contributed by atoms with van der Waals surface area (Å²) in [6, 6.07) is 8.28. The van der Waals surface area contributed by atoms with Crippen LogP contribution in [-0.4, -0.2) is 58.0 Å². The van der Waals surface area contributed by atoms with Crippen molar-refractivity contribution >= 4 is 27.5 Å². The number of aryl methyl sites for hydroxylation is 1. The van der Waals surface area contributed by atoms with Gasteiger partial charge < -0.3 is 19.5 Å². The highest BCUT2D eigenvalue weighted by molar-refractivity contribution is 7.17. The number of hydrogen-bond acceptors (Lipinski definition) is 8. The molecular formula is C26H30FN5O4S. The van der Waals surface area contributed by atoms with Crippen molar-refractivity contribution in [1.82, 2.24) is 25.3 Å². The Labute approximate surface area is 218 Å². The number of nitrogens with one attached hydrogen (secondary N) is 1. The molecule has 1 amide bonds. The summed E-state index contributed by atoms with van der Waals surface area (Å²) in [5.41, 5.74) is 2.34. The fraction of sp³-hybridized carbons (Fsp3) is 0.385. The summed E-state index contributed by atoms with van der Waals surface area (Å²) in [6.07, 6.45) is 1.25. The van der Waals surface area contributed by atoms with Crippen LogP contribution >= 0.6 is 11.3 Å². The topological polar surface area (TPSA) is 100 Å². The van der Waals surface area contributed by atoms with Gasteiger partial charge in [0.05, 0.1) is 23.6 Å². The van der Waals surface area contributed by atoms with Crippen molar-refractivity contribution in [1.29, 1.82) is 0 Å². The number of ether oxygens (including phenoxy) is 3. The van der Waals surface area contributed by atoms with Crippen LogP contribution in [0.2, 0.25) is 0 Å². The van der Waals surface area contributed by atoms with Crippen LogP contribution in [0.4, 0.5) is 9.18 Å². The zero-order valence-corrected chi connectivity index (χ0v) is 22.1. The minimum Gasteiger partial charge on any atom is -0.490 e. The van der Waals surface area contributed by atoms with Gasteiger partial charge in [-0.2, -0.15) is 5.10 Å². The van der Waals surface area contributed by atoms with Crippen LogP contribution in [0.25, 0.3) is 32.7 Å². The van der Waals surface area contributed by atoms with Crippen LogP contribution < -0.4 is 10.1 Å². The van der Waals surface area contributed by atoms with Crippen LogP contribution in [0.3, 0.4) is 0 Å². The molecule has 0 saturated heterocycles. The number of benzene rings is 1. The molecule has 0 atom stereocenters. The molecule has 0 unspecified atom stereocenters. The van der Waals surface area contributed by atoms with E-state index in [1.807, 2.05) is 29.1 Å². The number of aromatic nitrogens is 4. The third-order valence-corrected chi connectivity index (χ3v) is 6.16.